The van der Waals surface area contributed by atoms with E-state index < -0.39 is 10.0 Å². The number of halogens is 1. The normalized spacial score (nSPS) is 19.9. The van der Waals surface area contributed by atoms with Crippen LogP contribution in [0.4, 0.5) is 4.39 Å². The number of aliphatic imine (C=N–C) groups is 1. The summed E-state index contributed by atoms with van der Waals surface area (Å²) in [6.07, 6.45) is 2.06. The Morgan fingerprint density at radius 3 is 2.53 bits per heavy atom. The fraction of sp³-hybridized carbons (Fsp3) is 0.667. The summed E-state index contributed by atoms with van der Waals surface area (Å²) in [7, 11) is -1.58. The highest BCUT2D eigenvalue weighted by molar-refractivity contribution is 7.89. The van der Waals surface area contributed by atoms with Gasteiger partial charge >= 0.3 is 0 Å². The third-order valence-corrected chi connectivity index (χ3v) is 7.65. The van der Waals surface area contributed by atoms with Gasteiger partial charge in [-0.05, 0) is 44.4 Å². The Morgan fingerprint density at radius 2 is 1.97 bits per heavy atom. The van der Waals surface area contributed by atoms with E-state index in [4.69, 9.17) is 4.74 Å². The summed E-state index contributed by atoms with van der Waals surface area (Å²) in [5.74, 6) is 0.561. The van der Waals surface area contributed by atoms with Crippen LogP contribution in [-0.4, -0.2) is 81.8 Å². The number of sulfonamides is 1. The molecular weight excluding hydrogens is 407 g/mol. The smallest absolute Gasteiger partial charge is 0.216 e. The zero-order valence-corrected chi connectivity index (χ0v) is 18.9. The Morgan fingerprint density at radius 1 is 1.27 bits per heavy atom. The second kappa shape index (κ2) is 9.62. The molecule has 0 atom stereocenters. The molecule has 1 aromatic carbocycles. The molecule has 0 bridgehead atoms. The van der Waals surface area contributed by atoms with Crippen molar-refractivity contribution < 1.29 is 17.5 Å². The molecule has 2 aliphatic rings. The van der Waals surface area contributed by atoms with Gasteiger partial charge in [-0.15, -0.1) is 0 Å². The first-order chi connectivity index (χ1) is 14.3. The minimum atomic E-state index is -3.31. The van der Waals surface area contributed by atoms with Crippen LogP contribution in [0.25, 0.3) is 0 Å². The zero-order chi connectivity index (χ0) is 21.8. The number of ether oxygens (including phenoxy) is 1. The molecule has 0 unspecified atom stereocenters. The molecule has 1 saturated carbocycles. The van der Waals surface area contributed by atoms with Crippen LogP contribution >= 0.6 is 0 Å². The van der Waals surface area contributed by atoms with Gasteiger partial charge < -0.3 is 15.0 Å². The number of hydrogen-bond acceptors (Lipinski definition) is 4. The third kappa shape index (κ3) is 5.70. The van der Waals surface area contributed by atoms with Crippen LogP contribution in [-0.2, 0) is 20.2 Å². The van der Waals surface area contributed by atoms with Gasteiger partial charge in [0.05, 0.1) is 18.5 Å². The van der Waals surface area contributed by atoms with E-state index in [2.05, 4.69) is 15.2 Å². The lowest BCUT2D eigenvalue weighted by Gasteiger charge is -2.36. The quantitative estimate of drug-likeness (QED) is 0.493. The predicted octanol–water partition coefficient (Wildman–Crippen LogP) is 1.81. The summed E-state index contributed by atoms with van der Waals surface area (Å²) in [5.41, 5.74) is 0.976. The standard InChI is InChI=1S/C21H33FN4O3S/c1-17(2)29-13-14-30(27,28)26-11-9-25(10-12-26)20(23-3)24-16-21(7-8-21)18-5-4-6-19(22)15-18/h4-6,15,17H,7-14,16H2,1-3H3,(H,23,24). The molecule has 0 amide bonds. The topological polar surface area (TPSA) is 74.2 Å². The molecule has 0 aromatic heterocycles. The summed E-state index contributed by atoms with van der Waals surface area (Å²) in [4.78, 5) is 6.46. The molecule has 1 aliphatic carbocycles. The number of nitrogens with zero attached hydrogens (tertiary/aromatic N) is 3. The molecule has 1 N–H and O–H groups in total. The third-order valence-electron chi connectivity index (χ3n) is 5.81. The zero-order valence-electron chi connectivity index (χ0n) is 18.1. The molecule has 1 heterocycles. The van der Waals surface area contributed by atoms with E-state index in [-0.39, 0.29) is 29.7 Å². The van der Waals surface area contributed by atoms with Crippen LogP contribution < -0.4 is 5.32 Å². The van der Waals surface area contributed by atoms with Crippen LogP contribution in [0.1, 0.15) is 32.3 Å². The van der Waals surface area contributed by atoms with Crippen LogP contribution in [0.2, 0.25) is 0 Å². The van der Waals surface area contributed by atoms with Gasteiger partial charge in [-0.2, -0.15) is 4.31 Å². The Hall–Kier alpha value is -1.71. The van der Waals surface area contributed by atoms with E-state index in [1.54, 1.807) is 19.2 Å². The van der Waals surface area contributed by atoms with Crippen molar-refractivity contribution in [3.8, 4) is 0 Å². The van der Waals surface area contributed by atoms with Crippen molar-refractivity contribution in [3.05, 3.63) is 35.6 Å². The first kappa shape index (κ1) is 23.0. The molecule has 7 nitrogen and oxygen atoms in total. The highest BCUT2D eigenvalue weighted by Gasteiger charge is 2.44. The van der Waals surface area contributed by atoms with Crippen LogP contribution in [0, 0.1) is 5.82 Å². The fourth-order valence-corrected chi connectivity index (χ4v) is 5.10. The van der Waals surface area contributed by atoms with Crippen LogP contribution in [0.15, 0.2) is 29.3 Å². The second-order valence-corrected chi connectivity index (χ2v) is 10.4. The van der Waals surface area contributed by atoms with Crippen molar-refractivity contribution in [2.24, 2.45) is 4.99 Å². The van der Waals surface area contributed by atoms with E-state index >= 15 is 0 Å². The van der Waals surface area contributed by atoms with Crippen molar-refractivity contribution in [2.45, 2.75) is 38.2 Å². The summed E-state index contributed by atoms with van der Waals surface area (Å²) >= 11 is 0. The van der Waals surface area contributed by atoms with Gasteiger partial charge in [0.25, 0.3) is 0 Å². The minimum absolute atomic E-state index is 0.00824. The van der Waals surface area contributed by atoms with Gasteiger partial charge in [-0.3, -0.25) is 4.99 Å². The van der Waals surface area contributed by atoms with Crippen molar-refractivity contribution in [1.29, 1.82) is 0 Å². The van der Waals surface area contributed by atoms with Gasteiger partial charge in [0.2, 0.25) is 10.0 Å². The number of piperazine rings is 1. The molecule has 1 aromatic rings. The van der Waals surface area contributed by atoms with E-state index in [9.17, 15) is 12.8 Å². The van der Waals surface area contributed by atoms with E-state index in [1.165, 1.54) is 10.4 Å². The van der Waals surface area contributed by atoms with Gasteiger partial charge in [-0.1, -0.05) is 12.1 Å². The first-order valence-corrected chi connectivity index (χ1v) is 12.2. The molecule has 2 fully saturated rings. The molecule has 30 heavy (non-hydrogen) atoms. The SMILES string of the molecule is CN=C(NCC1(c2cccc(F)c2)CC1)N1CCN(S(=O)(=O)CCOC(C)C)CC1. The van der Waals surface area contributed by atoms with Gasteiger partial charge in [0.15, 0.2) is 5.96 Å². The number of guanidine groups is 1. The van der Waals surface area contributed by atoms with Gasteiger partial charge in [0.1, 0.15) is 5.82 Å². The summed E-state index contributed by atoms with van der Waals surface area (Å²) in [5, 5.41) is 3.43. The van der Waals surface area contributed by atoms with Crippen molar-refractivity contribution in [3.63, 3.8) is 0 Å². The fourth-order valence-electron chi connectivity index (χ4n) is 3.81. The average molecular weight is 441 g/mol. The summed E-state index contributed by atoms with van der Waals surface area (Å²) in [6, 6.07) is 6.82. The van der Waals surface area contributed by atoms with Crippen LogP contribution in [0.5, 0.6) is 0 Å². The maximum Gasteiger partial charge on any atom is 0.216 e. The lowest BCUT2D eigenvalue weighted by molar-refractivity contribution is 0.0904. The average Bonchev–Trinajstić information content (AvgIpc) is 3.50. The molecular formula is C21H33FN4O3S. The molecule has 1 saturated heterocycles. The number of rotatable bonds is 8. The number of benzene rings is 1. The second-order valence-electron chi connectivity index (χ2n) is 8.31. The van der Waals surface area contributed by atoms with Gasteiger partial charge in [-0.25, -0.2) is 12.8 Å². The molecule has 1 aliphatic heterocycles. The predicted molar refractivity (Wildman–Crippen MR) is 117 cm³/mol. The Balaban J connectivity index is 1.51. The van der Waals surface area contributed by atoms with E-state index in [0.717, 1.165) is 24.4 Å². The maximum absolute atomic E-state index is 13.6. The highest BCUT2D eigenvalue weighted by atomic mass is 32.2. The Kier molecular flexibility index (Phi) is 7.36. The van der Waals surface area contributed by atoms with Crippen molar-refractivity contribution in [1.82, 2.24) is 14.5 Å². The number of nitrogens with one attached hydrogen (secondary N) is 1. The Labute approximate surface area is 179 Å². The highest BCUT2D eigenvalue weighted by Crippen LogP contribution is 2.47. The van der Waals surface area contributed by atoms with Crippen molar-refractivity contribution >= 4 is 16.0 Å². The Bertz CT molecular complexity index is 848. The molecule has 9 heteroatoms. The van der Waals surface area contributed by atoms with E-state index in [0.29, 0.717) is 32.7 Å². The largest absolute Gasteiger partial charge is 0.378 e. The molecule has 3 rings (SSSR count). The van der Waals surface area contributed by atoms with Crippen molar-refractivity contribution in [2.75, 3.05) is 52.1 Å². The lowest BCUT2D eigenvalue weighted by atomic mass is 9.96. The van der Waals surface area contributed by atoms with Crippen LogP contribution in [0.3, 0.4) is 0 Å². The number of hydrogen-bond donors (Lipinski definition) is 1. The first-order valence-electron chi connectivity index (χ1n) is 10.6. The molecule has 0 spiro atoms. The summed E-state index contributed by atoms with van der Waals surface area (Å²) in [6.45, 7) is 6.71. The molecule has 168 valence electrons. The lowest BCUT2D eigenvalue weighted by Crippen LogP contribution is -2.54. The minimum Gasteiger partial charge on any atom is -0.378 e. The monoisotopic (exact) mass is 440 g/mol. The van der Waals surface area contributed by atoms with Gasteiger partial charge in [0, 0.05) is 45.2 Å². The summed E-state index contributed by atoms with van der Waals surface area (Å²) < 4.78 is 45.6. The molecule has 0 radical (unpaired) electrons. The maximum atomic E-state index is 13.6. The van der Waals surface area contributed by atoms with E-state index in [1.807, 2.05) is 19.9 Å².